The van der Waals surface area contributed by atoms with Gasteiger partial charge in [0.15, 0.2) is 0 Å². The Morgan fingerprint density at radius 3 is 1.33 bits per heavy atom. The molecule has 0 saturated carbocycles. The number of hydrogen-bond acceptors (Lipinski definition) is 17. The number of terminal acetylenes is 1. The lowest BCUT2D eigenvalue weighted by molar-refractivity contribution is 0.0190. The minimum Gasteiger partial charge on any atom is -0.444 e. The summed E-state index contributed by atoms with van der Waals surface area (Å²) < 4.78 is 28.0. The van der Waals surface area contributed by atoms with Crippen LogP contribution in [0.4, 0.5) is 9.59 Å². The van der Waals surface area contributed by atoms with Crippen LogP contribution >= 0.6 is 50.7 Å². The first kappa shape index (κ1) is 65.5. The Morgan fingerprint density at radius 2 is 0.956 bits per heavy atom. The van der Waals surface area contributed by atoms with Gasteiger partial charge in [-0.15, -0.1) is 6.42 Å². The highest BCUT2D eigenvalue weighted by atomic mass is 79.9. The highest BCUT2D eigenvalue weighted by Crippen LogP contribution is 2.35. The zero-order valence-electron chi connectivity index (χ0n) is 50.1. The summed E-state index contributed by atoms with van der Waals surface area (Å²) >= 11 is 20.9. The van der Waals surface area contributed by atoms with E-state index < -0.39 is 11.2 Å². The third kappa shape index (κ3) is 19.0. The molecule has 9 aromatic rings. The molecule has 2 amide bonds. The maximum absolute atomic E-state index is 12.5. The van der Waals surface area contributed by atoms with Crippen LogP contribution in [0, 0.1) is 36.0 Å². The van der Waals surface area contributed by atoms with Crippen LogP contribution in [0.3, 0.4) is 0 Å². The summed E-state index contributed by atoms with van der Waals surface area (Å²) in [5, 5.41) is 17.4. The van der Waals surface area contributed by atoms with Crippen molar-refractivity contribution >= 4 is 62.9 Å². The zero-order valence-corrected chi connectivity index (χ0v) is 53.9. The van der Waals surface area contributed by atoms with Gasteiger partial charge in [0.1, 0.15) is 40.4 Å². The van der Waals surface area contributed by atoms with Crippen molar-refractivity contribution in [1.82, 2.24) is 60.5 Å². The summed E-state index contributed by atoms with van der Waals surface area (Å²) in [5.74, 6) is 17.4. The standard InChI is InChI=1S/C24H23ClN4O3.C19H15ClN4O.C16H19BrN4O3.C8H5Cl/c1-24(2,3)31-23(30)29-13-5-8-20(29)22-27-21(28-32-22)19-12-11-17(15-26-19)10-9-16-6-4-7-18(25)14-16;20-15-4-1-3-13(11-15)6-7-14-8-9-16(22-12-14)18-23-19(25-24-18)17-5-2-10-21-17;1-16(2,3)23-15(22)21-8-4-5-12(21)14-19-13(20-24-14)11-7-6-10(17)9-18-11;1-2-7-4-3-5-8(9)6-7/h4,6-7,11-12,14-15,20H,5,8,13H2,1-3H3;1,3-4,8-9,11-12,17,21H,2,5,10H2;6-7,9,12H,4-5,8H2,1-3H3;1,3-6H. The summed E-state index contributed by atoms with van der Waals surface area (Å²) in [5.41, 5.74) is 4.83. The van der Waals surface area contributed by atoms with Crippen LogP contribution in [0.2, 0.25) is 15.1 Å². The summed E-state index contributed by atoms with van der Waals surface area (Å²) in [6.45, 7) is 13.3. The molecule has 3 saturated heterocycles. The lowest BCUT2D eigenvalue weighted by Crippen LogP contribution is -2.36. The van der Waals surface area contributed by atoms with Gasteiger partial charge in [0.05, 0.1) is 6.04 Å². The Morgan fingerprint density at radius 1 is 0.544 bits per heavy atom. The van der Waals surface area contributed by atoms with E-state index in [9.17, 15) is 9.59 Å². The highest BCUT2D eigenvalue weighted by molar-refractivity contribution is 9.10. The van der Waals surface area contributed by atoms with Crippen LogP contribution in [0.15, 0.2) is 146 Å². The van der Waals surface area contributed by atoms with Crippen LogP contribution in [0.1, 0.15) is 144 Å². The normalized spacial score (nSPS) is 15.9. The topological polar surface area (TPSA) is 227 Å². The average Bonchev–Trinajstić information content (AvgIpc) is 1.89. The molecule has 23 heteroatoms. The first-order chi connectivity index (χ1) is 43.2. The SMILES string of the molecule is C#Cc1cccc(Cl)c1.CC(C)(C)OC(=O)N1CCCC1c1nc(-c2ccc(Br)cn2)no1.CC(C)(C)OC(=O)N1CCCC1c1nc(-c2ccc(C#Cc3cccc(Cl)c3)cn2)no1.Clc1cccc(C#Cc2ccc(-c3noc(C4CCCN4)n3)nc2)c1. The molecule has 3 unspecified atom stereocenters. The number of aromatic nitrogens is 9. The smallest absolute Gasteiger partial charge is 0.410 e. The number of carbonyl (C=O) groups is 2. The fourth-order valence-electron chi connectivity index (χ4n) is 9.16. The second-order valence-electron chi connectivity index (χ2n) is 22.6. The van der Waals surface area contributed by atoms with Crippen LogP contribution in [0.25, 0.3) is 34.6 Å². The maximum atomic E-state index is 12.5. The quantitative estimate of drug-likeness (QED) is 0.153. The van der Waals surface area contributed by atoms with Crippen molar-refractivity contribution in [2.75, 3.05) is 19.6 Å². The number of hydrogen-bond donors (Lipinski definition) is 1. The van der Waals surface area contributed by atoms with Gasteiger partial charge in [-0.3, -0.25) is 24.8 Å². The number of ether oxygens (including phenoxy) is 2. The summed E-state index contributed by atoms with van der Waals surface area (Å²) in [6.07, 6.45) is 14.8. The maximum Gasteiger partial charge on any atom is 0.410 e. The lowest BCUT2D eigenvalue weighted by Gasteiger charge is -2.27. The molecule has 3 aliphatic heterocycles. The molecule has 0 aliphatic carbocycles. The predicted octanol–water partition coefficient (Wildman–Crippen LogP) is 15.2. The molecule has 19 nitrogen and oxygen atoms in total. The van der Waals surface area contributed by atoms with E-state index in [1.165, 1.54) is 0 Å². The largest absolute Gasteiger partial charge is 0.444 e. The third-order valence-electron chi connectivity index (χ3n) is 13.3. The van der Waals surface area contributed by atoms with Gasteiger partial charge in [0.2, 0.25) is 35.1 Å². The first-order valence-corrected chi connectivity index (χ1v) is 30.7. The number of carbonyl (C=O) groups excluding carboxylic acids is 2. The van der Waals surface area contributed by atoms with Crippen molar-refractivity contribution in [2.45, 2.75) is 109 Å². The minimum absolute atomic E-state index is 0.157. The van der Waals surface area contributed by atoms with Gasteiger partial charge in [0, 0.05) is 79.0 Å². The molecular formula is C67H62BrCl3N12O7. The van der Waals surface area contributed by atoms with Crippen LogP contribution in [0.5, 0.6) is 0 Å². The fourth-order valence-corrected chi connectivity index (χ4v) is 9.96. The molecule has 0 radical (unpaired) electrons. The van der Waals surface area contributed by atoms with Crippen molar-refractivity contribution in [3.63, 3.8) is 0 Å². The molecule has 3 aromatic carbocycles. The predicted molar refractivity (Wildman–Crippen MR) is 344 cm³/mol. The van der Waals surface area contributed by atoms with Crippen LogP contribution in [-0.2, 0) is 9.47 Å². The van der Waals surface area contributed by atoms with E-state index in [0.717, 1.165) is 77.4 Å². The molecule has 1 N–H and O–H groups in total. The number of amides is 2. The molecule has 12 rings (SSSR count). The lowest BCUT2D eigenvalue weighted by atomic mass is 10.2. The van der Waals surface area contributed by atoms with Gasteiger partial charge in [-0.2, -0.15) is 15.0 Å². The molecule has 3 fully saturated rings. The van der Waals surface area contributed by atoms with Gasteiger partial charge in [-0.25, -0.2) is 9.59 Å². The number of nitrogens with zero attached hydrogens (tertiary/aromatic N) is 11. The first-order valence-electron chi connectivity index (χ1n) is 28.8. The molecule has 0 bridgehead atoms. The molecule has 0 spiro atoms. The zero-order chi connectivity index (χ0) is 63.8. The Kier molecular flexibility index (Phi) is 22.2. The molecular weight excluding hydrogens is 1270 g/mol. The molecule has 460 valence electrons. The van der Waals surface area contributed by atoms with Gasteiger partial charge >= 0.3 is 12.2 Å². The molecule has 90 heavy (non-hydrogen) atoms. The van der Waals surface area contributed by atoms with Crippen molar-refractivity contribution in [3.05, 3.63) is 193 Å². The van der Waals surface area contributed by atoms with E-state index >= 15 is 0 Å². The summed E-state index contributed by atoms with van der Waals surface area (Å²) in [4.78, 5) is 54.6. The van der Waals surface area contributed by atoms with Crippen LogP contribution < -0.4 is 5.32 Å². The van der Waals surface area contributed by atoms with E-state index in [1.54, 1.807) is 64.8 Å². The van der Waals surface area contributed by atoms with Crippen molar-refractivity contribution in [2.24, 2.45) is 0 Å². The van der Waals surface area contributed by atoms with Gasteiger partial charge in [0.25, 0.3) is 0 Å². The van der Waals surface area contributed by atoms with Gasteiger partial charge in [-0.1, -0.05) is 98.1 Å². The monoisotopic (exact) mass is 1330 g/mol. The van der Waals surface area contributed by atoms with Gasteiger partial charge in [-0.05, 0) is 194 Å². The van der Waals surface area contributed by atoms with E-state index in [0.29, 0.717) is 80.4 Å². The Balaban J connectivity index is 0.000000151. The fraction of sp³-hybridized carbons (Fsp3) is 0.299. The van der Waals surface area contributed by atoms with Gasteiger partial charge < -0.3 is 28.4 Å². The molecule has 3 aliphatic rings. The Hall–Kier alpha value is -8.94. The molecule has 6 aromatic heterocycles. The van der Waals surface area contributed by atoms with E-state index in [2.05, 4.69) is 96.2 Å². The van der Waals surface area contributed by atoms with Crippen molar-refractivity contribution in [3.8, 4) is 70.6 Å². The number of benzene rings is 3. The number of rotatable bonds is 6. The van der Waals surface area contributed by atoms with E-state index in [1.807, 2.05) is 114 Å². The third-order valence-corrected chi connectivity index (χ3v) is 14.5. The highest BCUT2D eigenvalue weighted by Gasteiger charge is 2.38. The number of pyridine rings is 3. The second kappa shape index (κ2) is 30.5. The van der Waals surface area contributed by atoms with Crippen molar-refractivity contribution < 1.29 is 32.6 Å². The summed E-state index contributed by atoms with van der Waals surface area (Å²) in [6, 6.07) is 32.7. The number of likely N-dealkylation sites (tertiary alicyclic amines) is 2. The minimum atomic E-state index is -0.564. The Labute approximate surface area is 545 Å². The van der Waals surface area contributed by atoms with E-state index in [4.69, 9.17) is 64.3 Å². The summed E-state index contributed by atoms with van der Waals surface area (Å²) in [7, 11) is 0. The molecule has 3 atom stereocenters. The Bertz CT molecular complexity index is 4070. The number of nitrogens with one attached hydrogen (secondary N) is 1. The average molecular weight is 1330 g/mol. The van der Waals surface area contributed by atoms with Crippen molar-refractivity contribution in [1.29, 1.82) is 0 Å². The van der Waals surface area contributed by atoms with E-state index in [-0.39, 0.29) is 30.3 Å². The molecule has 9 heterocycles. The van der Waals surface area contributed by atoms with Crippen LogP contribution in [-0.4, -0.2) is 98.2 Å². The number of halogens is 4. The second-order valence-corrected chi connectivity index (χ2v) is 24.8.